The molecule has 8 heteroatoms. The average Bonchev–Trinajstić information content (AvgIpc) is 2.52. The van der Waals surface area contributed by atoms with E-state index >= 15 is 0 Å². The number of carbonyl (C=O) groups is 1. The maximum Gasteiger partial charge on any atom is 0.251 e. The van der Waals surface area contributed by atoms with E-state index in [1.54, 1.807) is 0 Å². The number of benzene rings is 1. The van der Waals surface area contributed by atoms with Gasteiger partial charge in [0, 0.05) is 18.4 Å². The molecule has 0 heterocycles. The van der Waals surface area contributed by atoms with Crippen molar-refractivity contribution in [2.45, 2.75) is 42.5 Å². The van der Waals surface area contributed by atoms with Gasteiger partial charge in [-0.15, -0.1) is 0 Å². The van der Waals surface area contributed by atoms with Crippen molar-refractivity contribution in [2.24, 2.45) is 5.14 Å². The van der Waals surface area contributed by atoms with Gasteiger partial charge < -0.3 is 10.2 Å². The highest BCUT2D eigenvalue weighted by Gasteiger charge is 2.38. The number of carbonyl (C=O) groups excluding carboxylic acids is 1. The summed E-state index contributed by atoms with van der Waals surface area (Å²) in [5, 5.41) is 8.09. The molecule has 0 spiro atoms. The summed E-state index contributed by atoms with van der Waals surface area (Å²) < 4.78 is 23.1. The van der Waals surface area contributed by atoms with E-state index in [4.69, 9.17) is 16.7 Å². The number of quaternary nitrogens is 1. The molecule has 1 aliphatic rings. The van der Waals surface area contributed by atoms with E-state index in [0.29, 0.717) is 6.54 Å². The van der Waals surface area contributed by atoms with Crippen LogP contribution in [0, 0.1) is 0 Å². The lowest BCUT2D eigenvalue weighted by molar-refractivity contribution is -0.916. The molecule has 1 aliphatic carbocycles. The van der Waals surface area contributed by atoms with Crippen molar-refractivity contribution in [1.29, 1.82) is 0 Å². The zero-order chi connectivity index (χ0) is 18.0. The maximum atomic E-state index is 12.4. The Labute approximate surface area is 148 Å². The van der Waals surface area contributed by atoms with Gasteiger partial charge in [-0.05, 0) is 31.0 Å². The number of amides is 1. The summed E-state index contributed by atoms with van der Waals surface area (Å²) in [4.78, 5) is 13.5. The van der Waals surface area contributed by atoms with Gasteiger partial charge in [0.05, 0.1) is 25.7 Å². The predicted octanol–water partition coefficient (Wildman–Crippen LogP) is 0.565. The lowest BCUT2D eigenvalue weighted by atomic mass is 9.80. The van der Waals surface area contributed by atoms with E-state index < -0.39 is 10.0 Å². The number of rotatable bonds is 5. The highest BCUT2D eigenvalue weighted by atomic mass is 35.5. The van der Waals surface area contributed by atoms with Crippen LogP contribution in [0.3, 0.4) is 0 Å². The number of likely N-dealkylation sites (N-methyl/N-ethyl adjacent to an activating group) is 1. The quantitative estimate of drug-likeness (QED) is 0.703. The standard InChI is InChI=1S/C16H24ClN3O3S/c1-20(2)16(8-4-3-5-9-16)11-19-15(21)12-6-7-13(17)14(10-12)24(18,22)23/h6-7,10H,3-5,8-9,11H2,1-2H3,(H,19,21)(H2,18,22,23)/p+1. The Morgan fingerprint density at radius 2 is 1.92 bits per heavy atom. The topological polar surface area (TPSA) is 93.7 Å². The van der Waals surface area contributed by atoms with Gasteiger partial charge in [-0.1, -0.05) is 18.0 Å². The number of sulfonamides is 1. The molecular formula is C16H25ClN3O3S+. The molecule has 134 valence electrons. The Morgan fingerprint density at radius 1 is 1.29 bits per heavy atom. The van der Waals surface area contributed by atoms with Gasteiger partial charge in [-0.25, -0.2) is 13.6 Å². The van der Waals surface area contributed by atoms with Crippen LogP contribution < -0.4 is 15.4 Å². The normalized spacial score (nSPS) is 17.7. The number of nitrogens with two attached hydrogens (primary N) is 1. The zero-order valence-corrected chi connectivity index (χ0v) is 15.6. The fourth-order valence-electron chi connectivity index (χ4n) is 3.30. The largest absolute Gasteiger partial charge is 0.346 e. The summed E-state index contributed by atoms with van der Waals surface area (Å²) in [7, 11) is 0.253. The van der Waals surface area contributed by atoms with Crippen molar-refractivity contribution >= 4 is 27.5 Å². The molecular weight excluding hydrogens is 350 g/mol. The molecule has 0 unspecified atom stereocenters. The average molecular weight is 375 g/mol. The first-order valence-electron chi connectivity index (χ1n) is 8.07. The van der Waals surface area contributed by atoms with Gasteiger partial charge in [0.15, 0.2) is 0 Å². The van der Waals surface area contributed by atoms with Crippen molar-refractivity contribution in [1.82, 2.24) is 5.32 Å². The molecule has 1 saturated carbocycles. The summed E-state index contributed by atoms with van der Waals surface area (Å²) in [6, 6.07) is 4.11. The number of hydrogen-bond donors (Lipinski definition) is 3. The van der Waals surface area contributed by atoms with Crippen LogP contribution in [0.25, 0.3) is 0 Å². The highest BCUT2D eigenvalue weighted by molar-refractivity contribution is 7.89. The minimum absolute atomic E-state index is 0.00976. The second-order valence-corrected chi connectivity index (χ2v) is 8.65. The summed E-state index contributed by atoms with van der Waals surface area (Å²) in [6.07, 6.45) is 5.70. The highest BCUT2D eigenvalue weighted by Crippen LogP contribution is 2.25. The molecule has 0 bridgehead atoms. The van der Waals surface area contributed by atoms with Crippen molar-refractivity contribution in [3.63, 3.8) is 0 Å². The molecule has 2 rings (SSSR count). The van der Waals surface area contributed by atoms with E-state index in [9.17, 15) is 13.2 Å². The van der Waals surface area contributed by atoms with Crippen LogP contribution in [-0.2, 0) is 10.0 Å². The maximum absolute atomic E-state index is 12.4. The van der Waals surface area contributed by atoms with Crippen LogP contribution in [0.5, 0.6) is 0 Å². The van der Waals surface area contributed by atoms with E-state index in [1.165, 1.54) is 29.5 Å². The van der Waals surface area contributed by atoms with Crippen LogP contribution in [0.2, 0.25) is 5.02 Å². The van der Waals surface area contributed by atoms with Gasteiger partial charge in [-0.3, -0.25) is 4.79 Å². The Bertz CT molecular complexity index is 713. The SMILES string of the molecule is C[NH+](C)C1(CNC(=O)c2ccc(Cl)c(S(N)(=O)=O)c2)CCCCC1. The molecule has 0 saturated heterocycles. The third-order valence-electron chi connectivity index (χ3n) is 4.96. The third-order valence-corrected chi connectivity index (χ3v) is 6.35. The second-order valence-electron chi connectivity index (χ2n) is 6.71. The first-order valence-corrected chi connectivity index (χ1v) is 9.99. The van der Waals surface area contributed by atoms with Crippen molar-refractivity contribution in [3.8, 4) is 0 Å². The minimum Gasteiger partial charge on any atom is -0.346 e. The lowest BCUT2D eigenvalue weighted by Gasteiger charge is -2.39. The number of nitrogens with one attached hydrogen (secondary N) is 2. The molecule has 1 amide bonds. The van der Waals surface area contributed by atoms with Gasteiger partial charge in [-0.2, -0.15) is 0 Å². The van der Waals surface area contributed by atoms with E-state index in [2.05, 4.69) is 19.4 Å². The lowest BCUT2D eigenvalue weighted by Crippen LogP contribution is -3.16. The molecule has 4 N–H and O–H groups in total. The monoisotopic (exact) mass is 374 g/mol. The Kier molecular flexibility index (Phi) is 5.91. The van der Waals surface area contributed by atoms with E-state index in [0.717, 1.165) is 25.7 Å². The summed E-state index contributed by atoms with van der Waals surface area (Å²) in [6.45, 7) is 0.557. The molecule has 24 heavy (non-hydrogen) atoms. The first kappa shape index (κ1) is 19.2. The number of hydrogen-bond acceptors (Lipinski definition) is 3. The molecule has 0 aliphatic heterocycles. The number of primary sulfonamides is 1. The summed E-state index contributed by atoms with van der Waals surface area (Å²) in [5.41, 5.74) is 0.270. The van der Waals surface area contributed by atoms with E-state index in [-0.39, 0.29) is 26.9 Å². The predicted molar refractivity (Wildman–Crippen MR) is 93.8 cm³/mol. The second kappa shape index (κ2) is 7.39. The molecule has 0 radical (unpaired) electrons. The van der Waals surface area contributed by atoms with Crippen LogP contribution in [0.1, 0.15) is 42.5 Å². The number of halogens is 1. The smallest absolute Gasteiger partial charge is 0.251 e. The Hall–Kier alpha value is -1.15. The minimum atomic E-state index is -3.97. The molecule has 0 atom stereocenters. The molecule has 1 fully saturated rings. The summed E-state index contributed by atoms with van der Waals surface area (Å²) in [5.74, 6) is -0.317. The molecule has 1 aromatic carbocycles. The van der Waals surface area contributed by atoms with Gasteiger partial charge >= 0.3 is 0 Å². The summed E-state index contributed by atoms with van der Waals surface area (Å²) >= 11 is 5.85. The molecule has 0 aromatic heterocycles. The van der Waals surface area contributed by atoms with Crippen LogP contribution in [0.4, 0.5) is 0 Å². The zero-order valence-electron chi connectivity index (χ0n) is 14.1. The van der Waals surface area contributed by atoms with Crippen molar-refractivity contribution in [3.05, 3.63) is 28.8 Å². The fourth-order valence-corrected chi connectivity index (χ4v) is 4.37. The van der Waals surface area contributed by atoms with Crippen LogP contribution in [0.15, 0.2) is 23.1 Å². The fraction of sp³-hybridized carbons (Fsp3) is 0.562. The van der Waals surface area contributed by atoms with E-state index in [1.807, 2.05) is 0 Å². The van der Waals surface area contributed by atoms with Crippen LogP contribution in [-0.4, -0.2) is 40.5 Å². The molecule has 6 nitrogen and oxygen atoms in total. The van der Waals surface area contributed by atoms with Crippen LogP contribution >= 0.6 is 11.6 Å². The Balaban J connectivity index is 2.15. The van der Waals surface area contributed by atoms with Gasteiger partial charge in [0.25, 0.3) is 5.91 Å². The van der Waals surface area contributed by atoms with Gasteiger partial charge in [0.1, 0.15) is 10.4 Å². The first-order chi connectivity index (χ1) is 11.2. The Morgan fingerprint density at radius 3 is 2.46 bits per heavy atom. The third kappa shape index (κ3) is 4.27. The molecule has 1 aromatic rings. The van der Waals surface area contributed by atoms with Crippen molar-refractivity contribution < 1.29 is 18.1 Å². The van der Waals surface area contributed by atoms with Crippen molar-refractivity contribution in [2.75, 3.05) is 20.6 Å². The van der Waals surface area contributed by atoms with Gasteiger partial charge in [0.2, 0.25) is 10.0 Å².